The molecule has 2 amide bonds. The summed E-state index contributed by atoms with van der Waals surface area (Å²) >= 11 is 1.03. The Morgan fingerprint density at radius 2 is 1.76 bits per heavy atom. The molecule has 1 saturated heterocycles. The maximum absolute atomic E-state index is 12.7. The summed E-state index contributed by atoms with van der Waals surface area (Å²) in [5, 5.41) is 26.3. The summed E-state index contributed by atoms with van der Waals surface area (Å²) in [6.45, 7) is 2.58. The summed E-state index contributed by atoms with van der Waals surface area (Å²) in [5.41, 5.74) is 4.26. The molecule has 332 valence electrons. The molecule has 7 unspecified atom stereocenters. The van der Waals surface area contributed by atoms with Crippen LogP contribution in [0.2, 0.25) is 0 Å². The average molecular weight is 918 g/mol. The number of nitrogens with two attached hydrogens (primary N) is 1. The van der Waals surface area contributed by atoms with E-state index in [0.717, 1.165) is 48.2 Å². The highest BCUT2D eigenvalue weighted by molar-refractivity contribution is 8.14. The van der Waals surface area contributed by atoms with Gasteiger partial charge in [0.2, 0.25) is 16.9 Å². The minimum atomic E-state index is -5.57. The summed E-state index contributed by atoms with van der Waals surface area (Å²) in [5.74, 6) is -1.14. The second-order valence-electron chi connectivity index (χ2n) is 13.5. The number of imidazole rings is 1. The van der Waals surface area contributed by atoms with Gasteiger partial charge in [0, 0.05) is 30.7 Å². The highest BCUT2D eigenvalue weighted by Crippen LogP contribution is 2.61. The van der Waals surface area contributed by atoms with Gasteiger partial charge < -0.3 is 50.9 Å². The quantitative estimate of drug-likeness (QED) is 0.0294. The number of nitrogen functional groups attached to an aromatic ring is 1. The zero-order valence-corrected chi connectivity index (χ0v) is 35.7. The molecule has 1 aliphatic heterocycles. The van der Waals surface area contributed by atoms with Crippen molar-refractivity contribution in [2.24, 2.45) is 5.41 Å². The highest BCUT2D eigenvalue weighted by atomic mass is 32.2. The molecule has 24 nitrogen and oxygen atoms in total. The topological polar surface area (TPSA) is 364 Å². The summed E-state index contributed by atoms with van der Waals surface area (Å²) in [7, 11) is -16.4. The van der Waals surface area contributed by atoms with Crippen molar-refractivity contribution in [2.75, 3.05) is 37.8 Å². The number of rotatable bonds is 25. The molecule has 0 saturated carbocycles. The molecule has 28 heteroatoms. The third kappa shape index (κ3) is 16.8. The van der Waals surface area contributed by atoms with Crippen LogP contribution >= 0.6 is 35.2 Å². The van der Waals surface area contributed by atoms with Crippen LogP contribution in [0.25, 0.3) is 11.2 Å². The first kappa shape index (κ1) is 50.4. The van der Waals surface area contributed by atoms with Crippen molar-refractivity contribution in [2.45, 2.75) is 83.5 Å². The van der Waals surface area contributed by atoms with Crippen LogP contribution in [-0.2, 0) is 50.7 Å². The molecule has 2 aromatic heterocycles. The fraction of sp³-hybridized carbons (Fsp3) is 0.613. The van der Waals surface area contributed by atoms with Crippen molar-refractivity contribution >= 4 is 69.1 Å². The van der Waals surface area contributed by atoms with Crippen LogP contribution in [0.1, 0.15) is 59.1 Å². The molecule has 0 aromatic carbocycles. The zero-order chi connectivity index (χ0) is 44.0. The molecule has 10 N–H and O–H groups in total. The van der Waals surface area contributed by atoms with Gasteiger partial charge in [-0.15, -0.1) is 0 Å². The summed E-state index contributed by atoms with van der Waals surface area (Å²) in [6, 6.07) is 0. The predicted octanol–water partition coefficient (Wildman–Crippen LogP) is 1.36. The lowest BCUT2D eigenvalue weighted by atomic mass is 9.87. The van der Waals surface area contributed by atoms with Gasteiger partial charge in [-0.1, -0.05) is 63.6 Å². The van der Waals surface area contributed by atoms with Crippen molar-refractivity contribution < 1.29 is 80.5 Å². The first-order valence-corrected chi connectivity index (χ1v) is 23.4. The van der Waals surface area contributed by atoms with Crippen molar-refractivity contribution in [3.63, 3.8) is 0 Å². The van der Waals surface area contributed by atoms with Gasteiger partial charge in [-0.2, -0.15) is 4.31 Å². The number of amides is 2. The number of nitrogens with zero attached hydrogens (tertiary/aromatic N) is 4. The highest BCUT2D eigenvalue weighted by Gasteiger charge is 2.50. The van der Waals surface area contributed by atoms with Gasteiger partial charge >= 0.3 is 23.5 Å². The van der Waals surface area contributed by atoms with Crippen LogP contribution in [0, 0.1) is 5.41 Å². The molecule has 0 bridgehead atoms. The maximum atomic E-state index is 12.7. The molecule has 0 aliphatic carbocycles. The molecular formula is C31H50N7O17P3S. The number of aromatic nitrogens is 4. The lowest BCUT2D eigenvalue weighted by molar-refractivity contribution is -0.137. The van der Waals surface area contributed by atoms with Gasteiger partial charge in [-0.25, -0.2) is 28.6 Å². The Bertz CT molecular complexity index is 1950. The van der Waals surface area contributed by atoms with Crippen LogP contribution in [0.5, 0.6) is 0 Å². The molecule has 2 aromatic rings. The van der Waals surface area contributed by atoms with Crippen LogP contribution < -0.4 is 16.4 Å². The molecular weight excluding hydrogens is 867 g/mol. The Morgan fingerprint density at radius 3 is 2.46 bits per heavy atom. The summed E-state index contributed by atoms with van der Waals surface area (Å²) < 4.78 is 62.2. The zero-order valence-electron chi connectivity index (χ0n) is 32.2. The molecule has 0 spiro atoms. The normalized spacial score (nSPS) is 21.4. The Kier molecular flexibility index (Phi) is 19.4. The van der Waals surface area contributed by atoms with E-state index in [4.69, 9.17) is 19.5 Å². The number of ether oxygens (including phenoxy) is 1. The van der Waals surface area contributed by atoms with Crippen LogP contribution in [0.15, 0.2) is 37.0 Å². The van der Waals surface area contributed by atoms with E-state index in [9.17, 15) is 57.9 Å². The Labute approximate surface area is 342 Å². The monoisotopic (exact) mass is 917 g/mol. The molecule has 7 atom stereocenters. The summed E-state index contributed by atoms with van der Waals surface area (Å²) in [6.07, 6.45) is 4.23. The van der Waals surface area contributed by atoms with E-state index >= 15 is 0 Å². The van der Waals surface area contributed by atoms with E-state index in [2.05, 4.69) is 47.4 Å². The van der Waals surface area contributed by atoms with Crippen molar-refractivity contribution in [1.82, 2.24) is 30.2 Å². The maximum Gasteiger partial charge on any atom is 0.481 e. The largest absolute Gasteiger partial charge is 0.481 e. The average Bonchev–Trinajstić information content (AvgIpc) is 3.71. The molecule has 1 aliphatic rings. The first-order valence-electron chi connectivity index (χ1n) is 17.9. The van der Waals surface area contributed by atoms with Crippen molar-refractivity contribution in [1.29, 1.82) is 0 Å². The molecule has 0 radical (unpaired) electrons. The van der Waals surface area contributed by atoms with Gasteiger partial charge in [0.25, 0.3) is 0 Å². The first-order chi connectivity index (χ1) is 27.6. The number of anilines is 1. The number of aliphatic hydroxyl groups is 2. The summed E-state index contributed by atoms with van der Waals surface area (Å²) in [4.78, 5) is 87.7. The second kappa shape index (κ2) is 22.8. The number of nitrogens with one attached hydrogen (secondary N) is 2. The van der Waals surface area contributed by atoms with E-state index < -0.39 is 84.6 Å². The Balaban J connectivity index is 1.44. The van der Waals surface area contributed by atoms with E-state index in [-0.39, 0.29) is 41.6 Å². The third-order valence-electron chi connectivity index (χ3n) is 8.16. The molecule has 3 heterocycles. The molecule has 3 rings (SSSR count). The molecule has 1 fully saturated rings. The number of carbonyl (C=O) groups excluding carboxylic acids is 3. The molecule has 59 heavy (non-hydrogen) atoms. The van der Waals surface area contributed by atoms with Crippen LogP contribution in [0.4, 0.5) is 5.82 Å². The van der Waals surface area contributed by atoms with Gasteiger partial charge in [-0.3, -0.25) is 32.5 Å². The number of hydrogen-bond acceptors (Lipinski definition) is 18. The Morgan fingerprint density at radius 1 is 1.05 bits per heavy atom. The number of unbranched alkanes of at least 4 members (excludes halogenated alkanes) is 2. The lowest BCUT2D eigenvalue weighted by Crippen LogP contribution is -2.46. The predicted molar refractivity (Wildman–Crippen MR) is 210 cm³/mol. The van der Waals surface area contributed by atoms with Crippen LogP contribution in [-0.4, -0.2) is 123 Å². The number of carbonyl (C=O) groups is 3. The minimum Gasteiger partial charge on any atom is -0.386 e. The van der Waals surface area contributed by atoms with Crippen molar-refractivity contribution in [3.05, 3.63) is 37.0 Å². The minimum absolute atomic E-state index is 0.0301. The van der Waals surface area contributed by atoms with Gasteiger partial charge in [0.05, 0.1) is 19.5 Å². The SMILES string of the molecule is CCCC/C=C/C/C=C/C(=O)SCCNC(=O)CCNC(=O)C(O)C(C)(C)COP(=O)(O)OP(=O)(O)OCC1OC(n2cnc3c(N)ncnc32)C(O)C1OP(=O)(O)O. The third-order valence-corrected chi connectivity index (χ3v) is 12.1. The lowest BCUT2D eigenvalue weighted by Gasteiger charge is -2.30. The number of phosphoric acid groups is 3. The van der Waals surface area contributed by atoms with E-state index in [1.807, 2.05) is 6.08 Å². The Hall–Kier alpha value is -2.96. The van der Waals surface area contributed by atoms with Gasteiger partial charge in [-0.05, 0) is 18.9 Å². The second-order valence-corrected chi connectivity index (χ2v) is 18.8. The standard InChI is InChI=1S/C31H50N7O17P3S/c1-4-5-6-7-8-9-10-11-22(40)59-15-14-33-21(39)12-13-34-29(43)26(42)31(2,3)17-52-58(49,50)55-57(47,48)51-16-20-25(54-56(44,45)46)24(41)30(53-20)38-19-37-23-27(32)35-18-36-28(23)38/h7-8,10-11,18-20,24-26,30,41-42H,4-6,9,12-17H2,1-3H3,(H,33,39)(H,34,43)(H,47,48)(H,49,50)(H2,32,35,36)(H2,44,45,46)/b8-7+,11-10+. The number of fused-ring (bicyclic) bond motifs is 1. The number of phosphoric ester groups is 3. The fourth-order valence-electron chi connectivity index (χ4n) is 5.11. The smallest absolute Gasteiger partial charge is 0.386 e. The van der Waals surface area contributed by atoms with Gasteiger partial charge in [0.15, 0.2) is 17.7 Å². The fourth-order valence-corrected chi connectivity index (χ4v) is 8.54. The van der Waals surface area contributed by atoms with E-state index in [1.165, 1.54) is 19.9 Å². The van der Waals surface area contributed by atoms with Crippen molar-refractivity contribution in [3.8, 4) is 0 Å². The number of thioether (sulfide) groups is 1. The number of allylic oxidation sites excluding steroid dienone is 3. The van der Waals surface area contributed by atoms with Crippen LogP contribution in [0.3, 0.4) is 0 Å². The number of aliphatic hydroxyl groups excluding tert-OH is 2. The van der Waals surface area contributed by atoms with Gasteiger partial charge in [0.1, 0.15) is 36.3 Å². The number of hydrogen-bond donors (Lipinski definition) is 9. The van der Waals surface area contributed by atoms with E-state index in [1.54, 1.807) is 6.08 Å². The van der Waals surface area contributed by atoms with E-state index in [0.29, 0.717) is 12.2 Å².